The standard InChI is InChI=1S/C16H23NSi/c1-12-11-15(18(5,6)16(2,3)4)17-14-10-8-7-9-13(12)14/h7-11H,1-6H3. The second kappa shape index (κ2) is 4.20. The molecule has 0 saturated heterocycles. The van der Waals surface area contributed by atoms with Crippen molar-refractivity contribution >= 4 is 24.3 Å². The molecule has 2 heteroatoms. The molecule has 1 heterocycles. The molecule has 0 N–H and O–H groups in total. The fraction of sp³-hybridized carbons (Fsp3) is 0.438. The van der Waals surface area contributed by atoms with Gasteiger partial charge in [0, 0.05) is 10.7 Å². The van der Waals surface area contributed by atoms with Crippen molar-refractivity contribution < 1.29 is 0 Å². The minimum absolute atomic E-state index is 0.328. The van der Waals surface area contributed by atoms with Crippen LogP contribution in [0.25, 0.3) is 10.9 Å². The summed E-state index contributed by atoms with van der Waals surface area (Å²) in [5, 5.41) is 2.93. The molecule has 18 heavy (non-hydrogen) atoms. The lowest BCUT2D eigenvalue weighted by Crippen LogP contribution is -2.51. The summed E-state index contributed by atoms with van der Waals surface area (Å²) in [4.78, 5) is 4.94. The molecule has 0 amide bonds. The second-order valence-corrected chi connectivity index (χ2v) is 12.0. The molecule has 1 aromatic carbocycles. The Labute approximate surface area is 111 Å². The van der Waals surface area contributed by atoms with Crippen molar-refractivity contribution in [3.63, 3.8) is 0 Å². The Morgan fingerprint density at radius 3 is 2.28 bits per heavy atom. The van der Waals surface area contributed by atoms with E-state index < -0.39 is 8.07 Å². The van der Waals surface area contributed by atoms with Crippen LogP contribution in [0.3, 0.4) is 0 Å². The van der Waals surface area contributed by atoms with E-state index in [1.807, 2.05) is 0 Å². The fourth-order valence-electron chi connectivity index (χ4n) is 2.05. The van der Waals surface area contributed by atoms with Gasteiger partial charge in [-0.15, -0.1) is 0 Å². The van der Waals surface area contributed by atoms with Crippen molar-refractivity contribution in [3.05, 3.63) is 35.9 Å². The van der Waals surface area contributed by atoms with Gasteiger partial charge in [0.1, 0.15) is 8.07 Å². The predicted octanol–water partition coefficient (Wildman–Crippen LogP) is 4.26. The van der Waals surface area contributed by atoms with Crippen LogP contribution in [0.5, 0.6) is 0 Å². The van der Waals surface area contributed by atoms with Crippen molar-refractivity contribution in [2.75, 3.05) is 0 Å². The maximum absolute atomic E-state index is 4.94. The number of benzene rings is 1. The fourth-order valence-corrected chi connectivity index (χ4v) is 3.80. The molecule has 2 aromatic rings. The number of nitrogens with zero attached hydrogens (tertiary/aromatic N) is 1. The highest BCUT2D eigenvalue weighted by atomic mass is 28.3. The van der Waals surface area contributed by atoms with Crippen LogP contribution in [0, 0.1) is 6.92 Å². The molecule has 0 unspecified atom stereocenters. The van der Waals surface area contributed by atoms with Gasteiger partial charge < -0.3 is 0 Å². The van der Waals surface area contributed by atoms with E-state index in [-0.39, 0.29) is 0 Å². The highest BCUT2D eigenvalue weighted by Gasteiger charge is 2.38. The Kier molecular flexibility index (Phi) is 3.10. The van der Waals surface area contributed by atoms with Gasteiger partial charge in [-0.1, -0.05) is 52.1 Å². The lowest BCUT2D eigenvalue weighted by atomic mass is 10.1. The summed E-state index contributed by atoms with van der Waals surface area (Å²) in [6, 6.07) is 10.7. The quantitative estimate of drug-likeness (QED) is 0.696. The Balaban J connectivity index is 2.67. The maximum atomic E-state index is 4.94. The molecule has 1 nitrogen and oxygen atoms in total. The lowest BCUT2D eigenvalue weighted by molar-refractivity contribution is 0.728. The average molecular weight is 257 g/mol. The van der Waals surface area contributed by atoms with Gasteiger partial charge >= 0.3 is 0 Å². The van der Waals surface area contributed by atoms with Crippen LogP contribution < -0.4 is 5.32 Å². The van der Waals surface area contributed by atoms with Gasteiger partial charge in [-0.3, -0.25) is 4.98 Å². The molecule has 96 valence electrons. The first-order valence-corrected chi connectivity index (χ1v) is 9.60. The van der Waals surface area contributed by atoms with Crippen molar-refractivity contribution in [3.8, 4) is 0 Å². The molecule has 0 bridgehead atoms. The number of hydrogen-bond donors (Lipinski definition) is 0. The molecule has 2 rings (SSSR count). The summed E-state index contributed by atoms with van der Waals surface area (Å²) in [5.74, 6) is 0. The third-order valence-electron chi connectivity index (χ3n) is 4.44. The van der Waals surface area contributed by atoms with Gasteiger partial charge in [0.2, 0.25) is 0 Å². The van der Waals surface area contributed by atoms with E-state index in [2.05, 4.69) is 71.1 Å². The van der Waals surface area contributed by atoms with Crippen LogP contribution in [0.2, 0.25) is 18.1 Å². The Morgan fingerprint density at radius 1 is 1.06 bits per heavy atom. The summed E-state index contributed by atoms with van der Waals surface area (Å²) in [5.41, 5.74) is 2.48. The lowest BCUT2D eigenvalue weighted by Gasteiger charge is -2.36. The second-order valence-electron chi connectivity index (χ2n) is 6.72. The first-order chi connectivity index (χ1) is 8.23. The largest absolute Gasteiger partial charge is 0.258 e. The van der Waals surface area contributed by atoms with Crippen LogP contribution in [0.1, 0.15) is 26.3 Å². The smallest absolute Gasteiger partial charge is 0.110 e. The van der Waals surface area contributed by atoms with Gasteiger partial charge in [0.15, 0.2) is 0 Å². The van der Waals surface area contributed by atoms with Crippen molar-refractivity contribution in [1.82, 2.24) is 4.98 Å². The summed E-state index contributed by atoms with van der Waals surface area (Å²) < 4.78 is 0. The summed E-state index contributed by atoms with van der Waals surface area (Å²) in [7, 11) is -1.54. The minimum Gasteiger partial charge on any atom is -0.258 e. The van der Waals surface area contributed by atoms with E-state index in [0.29, 0.717) is 5.04 Å². The highest BCUT2D eigenvalue weighted by Crippen LogP contribution is 2.35. The number of hydrogen-bond acceptors (Lipinski definition) is 1. The van der Waals surface area contributed by atoms with Crippen molar-refractivity contribution in [2.24, 2.45) is 0 Å². The molecule has 0 aliphatic rings. The van der Waals surface area contributed by atoms with Crippen LogP contribution in [-0.2, 0) is 0 Å². The molecule has 0 aliphatic carbocycles. The number of aryl methyl sites for hydroxylation is 1. The van der Waals surface area contributed by atoms with E-state index in [1.54, 1.807) is 0 Å². The van der Waals surface area contributed by atoms with Crippen molar-refractivity contribution in [2.45, 2.75) is 45.8 Å². The number of aromatic nitrogens is 1. The van der Waals surface area contributed by atoms with Crippen LogP contribution in [-0.4, -0.2) is 13.1 Å². The summed E-state index contributed by atoms with van der Waals surface area (Å²) >= 11 is 0. The van der Waals surface area contributed by atoms with Gasteiger partial charge in [-0.2, -0.15) is 0 Å². The highest BCUT2D eigenvalue weighted by molar-refractivity contribution is 6.91. The zero-order valence-corrected chi connectivity index (χ0v) is 13.3. The summed E-state index contributed by atoms with van der Waals surface area (Å²) in [6.07, 6.45) is 0. The third-order valence-corrected chi connectivity index (χ3v) is 9.73. The van der Waals surface area contributed by atoms with Crippen LogP contribution in [0.4, 0.5) is 0 Å². The number of rotatable bonds is 1. The molecule has 0 aliphatic heterocycles. The number of para-hydroxylation sites is 1. The Morgan fingerprint density at radius 2 is 1.67 bits per heavy atom. The zero-order valence-electron chi connectivity index (χ0n) is 12.3. The van der Waals surface area contributed by atoms with Crippen LogP contribution in [0.15, 0.2) is 30.3 Å². The van der Waals surface area contributed by atoms with Gasteiger partial charge in [-0.25, -0.2) is 0 Å². The molecular weight excluding hydrogens is 234 g/mol. The van der Waals surface area contributed by atoms with E-state index >= 15 is 0 Å². The molecular formula is C16H23NSi. The molecule has 0 radical (unpaired) electrons. The molecule has 0 saturated carbocycles. The molecule has 0 spiro atoms. The maximum Gasteiger partial charge on any atom is 0.110 e. The SMILES string of the molecule is Cc1cc([Si](C)(C)C(C)(C)C)nc2ccccc12. The minimum atomic E-state index is -1.54. The molecule has 1 aromatic heterocycles. The first-order valence-electron chi connectivity index (χ1n) is 6.60. The Bertz CT molecular complexity index is 579. The van der Waals surface area contributed by atoms with Gasteiger partial charge in [0.25, 0.3) is 0 Å². The average Bonchev–Trinajstić information content (AvgIpc) is 2.27. The van der Waals surface area contributed by atoms with Crippen molar-refractivity contribution in [1.29, 1.82) is 0 Å². The molecule has 0 atom stereocenters. The molecule has 0 fully saturated rings. The zero-order chi connectivity index (χ0) is 13.6. The third kappa shape index (κ3) is 2.10. The van der Waals surface area contributed by atoms with E-state index in [0.717, 1.165) is 5.52 Å². The first kappa shape index (κ1) is 13.3. The normalized spacial score (nSPS) is 13.0. The van der Waals surface area contributed by atoms with E-state index in [4.69, 9.17) is 4.98 Å². The van der Waals surface area contributed by atoms with Gasteiger partial charge in [0.05, 0.1) is 5.52 Å². The topological polar surface area (TPSA) is 12.9 Å². The monoisotopic (exact) mass is 257 g/mol. The Hall–Kier alpha value is -1.15. The van der Waals surface area contributed by atoms with Crippen LogP contribution >= 0.6 is 0 Å². The van der Waals surface area contributed by atoms with E-state index in [1.165, 1.54) is 16.3 Å². The van der Waals surface area contributed by atoms with Gasteiger partial charge in [-0.05, 0) is 29.7 Å². The summed E-state index contributed by atoms with van der Waals surface area (Å²) in [6.45, 7) is 14.1. The van der Waals surface area contributed by atoms with E-state index in [9.17, 15) is 0 Å². The predicted molar refractivity (Wildman–Crippen MR) is 83.3 cm³/mol. The number of fused-ring (bicyclic) bond motifs is 1. The number of pyridine rings is 1.